The van der Waals surface area contributed by atoms with E-state index in [1.165, 1.54) is 16.7 Å². The summed E-state index contributed by atoms with van der Waals surface area (Å²) in [5.74, 6) is 0.819. The average Bonchev–Trinajstić information content (AvgIpc) is 3.26. The van der Waals surface area contributed by atoms with Gasteiger partial charge in [0.15, 0.2) is 0 Å². The van der Waals surface area contributed by atoms with Gasteiger partial charge in [0, 0.05) is 62.4 Å². The summed E-state index contributed by atoms with van der Waals surface area (Å²) in [6.45, 7) is 8.94. The number of benzene rings is 2. The van der Waals surface area contributed by atoms with Crippen LogP contribution in [0.4, 0.5) is 5.95 Å². The zero-order valence-corrected chi connectivity index (χ0v) is 18.6. The van der Waals surface area contributed by atoms with Crippen molar-refractivity contribution in [2.45, 2.75) is 20.4 Å². The molecule has 4 aromatic rings. The maximum atomic E-state index is 5.04. The maximum Gasteiger partial charge on any atom is 0.225 e. The molecule has 1 aliphatic rings. The second-order valence-electron chi connectivity index (χ2n) is 8.42. The lowest BCUT2D eigenvalue weighted by Gasteiger charge is -2.34. The van der Waals surface area contributed by atoms with Gasteiger partial charge in [-0.05, 0) is 37.1 Å². The minimum absolute atomic E-state index is 0.819. The second kappa shape index (κ2) is 8.93. The Morgan fingerprint density at radius 2 is 1.59 bits per heavy atom. The fourth-order valence-electron chi connectivity index (χ4n) is 4.26. The molecule has 6 heteroatoms. The minimum Gasteiger partial charge on any atom is -0.338 e. The third-order valence-corrected chi connectivity index (χ3v) is 6.05. The van der Waals surface area contributed by atoms with Crippen molar-refractivity contribution in [3.8, 4) is 16.9 Å². The highest BCUT2D eigenvalue weighted by molar-refractivity contribution is 5.63. The predicted molar refractivity (Wildman–Crippen MR) is 128 cm³/mol. The molecular formula is C26H28N6. The minimum atomic E-state index is 0.819. The van der Waals surface area contributed by atoms with Gasteiger partial charge in [0.1, 0.15) is 0 Å². The maximum absolute atomic E-state index is 5.04. The standard InChI is InChI=1S/C26H28N6/c1-20-9-10-21(2)24(17-20)32-19-23(25(29-32)22-7-4-3-5-8-22)18-30-13-15-31(16-14-30)26-27-11-6-12-28-26/h3-12,17,19H,13-16,18H2,1-2H3. The molecule has 6 nitrogen and oxygen atoms in total. The number of aromatic nitrogens is 4. The quantitative estimate of drug-likeness (QED) is 0.479. The van der Waals surface area contributed by atoms with Gasteiger partial charge in [-0.2, -0.15) is 5.10 Å². The lowest BCUT2D eigenvalue weighted by molar-refractivity contribution is 0.249. The lowest BCUT2D eigenvalue weighted by atomic mass is 10.1. The van der Waals surface area contributed by atoms with Gasteiger partial charge >= 0.3 is 0 Å². The normalized spacial score (nSPS) is 14.6. The van der Waals surface area contributed by atoms with Gasteiger partial charge in [-0.25, -0.2) is 14.6 Å². The van der Waals surface area contributed by atoms with Crippen LogP contribution in [-0.2, 0) is 6.54 Å². The molecular weight excluding hydrogens is 396 g/mol. The number of hydrogen-bond acceptors (Lipinski definition) is 5. The van der Waals surface area contributed by atoms with Gasteiger partial charge in [-0.15, -0.1) is 0 Å². The Hall–Kier alpha value is -3.51. The Kier molecular flexibility index (Phi) is 5.69. The van der Waals surface area contributed by atoms with E-state index in [4.69, 9.17) is 5.10 Å². The summed E-state index contributed by atoms with van der Waals surface area (Å²) in [7, 11) is 0. The smallest absolute Gasteiger partial charge is 0.225 e. The highest BCUT2D eigenvalue weighted by atomic mass is 15.3. The molecule has 0 aliphatic carbocycles. The summed E-state index contributed by atoms with van der Waals surface area (Å²) >= 11 is 0. The second-order valence-corrected chi connectivity index (χ2v) is 8.42. The largest absolute Gasteiger partial charge is 0.338 e. The number of anilines is 1. The van der Waals surface area contributed by atoms with E-state index in [1.807, 2.05) is 23.1 Å². The zero-order chi connectivity index (χ0) is 21.9. The summed E-state index contributed by atoms with van der Waals surface area (Å²) in [5, 5.41) is 5.04. The molecule has 0 unspecified atom stereocenters. The van der Waals surface area contributed by atoms with Crippen LogP contribution in [0.5, 0.6) is 0 Å². The summed E-state index contributed by atoms with van der Waals surface area (Å²) in [6, 6.07) is 18.9. The van der Waals surface area contributed by atoms with Crippen LogP contribution in [-0.4, -0.2) is 50.8 Å². The average molecular weight is 425 g/mol. The van der Waals surface area contributed by atoms with E-state index in [-0.39, 0.29) is 0 Å². The summed E-state index contributed by atoms with van der Waals surface area (Å²) < 4.78 is 2.05. The van der Waals surface area contributed by atoms with Gasteiger partial charge in [0.05, 0.1) is 11.4 Å². The Bertz CT molecular complexity index is 1180. The Labute approximate surface area is 189 Å². The molecule has 0 radical (unpaired) electrons. The van der Waals surface area contributed by atoms with Crippen molar-refractivity contribution in [2.24, 2.45) is 0 Å². The van der Waals surface area contributed by atoms with Gasteiger partial charge in [-0.1, -0.05) is 42.5 Å². The van der Waals surface area contributed by atoms with E-state index >= 15 is 0 Å². The molecule has 5 rings (SSSR count). The highest BCUT2D eigenvalue weighted by Gasteiger charge is 2.21. The fraction of sp³-hybridized carbons (Fsp3) is 0.269. The van der Waals surface area contributed by atoms with Crippen LogP contribution in [0.1, 0.15) is 16.7 Å². The van der Waals surface area contributed by atoms with Gasteiger partial charge in [0.2, 0.25) is 5.95 Å². The van der Waals surface area contributed by atoms with Crippen LogP contribution in [0.25, 0.3) is 16.9 Å². The molecule has 0 N–H and O–H groups in total. The van der Waals surface area contributed by atoms with Gasteiger partial charge < -0.3 is 4.90 Å². The number of piperazine rings is 1. The van der Waals surface area contributed by atoms with E-state index in [0.29, 0.717) is 0 Å². The van der Waals surface area contributed by atoms with Crippen molar-refractivity contribution < 1.29 is 0 Å². The fourth-order valence-corrected chi connectivity index (χ4v) is 4.26. The van der Waals surface area contributed by atoms with Crippen LogP contribution in [0, 0.1) is 13.8 Å². The molecule has 2 aromatic heterocycles. The van der Waals surface area contributed by atoms with Crippen molar-refractivity contribution >= 4 is 5.95 Å². The van der Waals surface area contributed by atoms with Crippen LogP contribution < -0.4 is 4.90 Å². The van der Waals surface area contributed by atoms with Crippen LogP contribution in [0.15, 0.2) is 73.2 Å². The lowest BCUT2D eigenvalue weighted by Crippen LogP contribution is -2.46. The summed E-state index contributed by atoms with van der Waals surface area (Å²) in [5.41, 5.74) is 7.06. The molecule has 1 aliphatic heterocycles. The van der Waals surface area contributed by atoms with Gasteiger partial charge in [-0.3, -0.25) is 4.90 Å². The van der Waals surface area contributed by atoms with Crippen molar-refractivity contribution in [1.82, 2.24) is 24.6 Å². The number of hydrogen-bond donors (Lipinski definition) is 0. The molecule has 0 spiro atoms. The molecule has 1 fully saturated rings. The number of nitrogens with zero attached hydrogens (tertiary/aromatic N) is 6. The van der Waals surface area contributed by atoms with Crippen LogP contribution in [0.2, 0.25) is 0 Å². The van der Waals surface area contributed by atoms with Crippen LogP contribution in [0.3, 0.4) is 0 Å². The van der Waals surface area contributed by atoms with E-state index in [2.05, 4.69) is 88.3 Å². The predicted octanol–water partition coefficient (Wildman–Crippen LogP) is 4.27. The first-order valence-corrected chi connectivity index (χ1v) is 11.1. The van der Waals surface area contributed by atoms with E-state index in [0.717, 1.165) is 55.6 Å². The Balaban J connectivity index is 1.40. The molecule has 0 bridgehead atoms. The van der Waals surface area contributed by atoms with Crippen molar-refractivity contribution in [3.05, 3.63) is 89.9 Å². The highest BCUT2D eigenvalue weighted by Crippen LogP contribution is 2.26. The van der Waals surface area contributed by atoms with E-state index < -0.39 is 0 Å². The summed E-state index contributed by atoms with van der Waals surface area (Å²) in [6.07, 6.45) is 5.82. The summed E-state index contributed by atoms with van der Waals surface area (Å²) in [4.78, 5) is 13.6. The van der Waals surface area contributed by atoms with Gasteiger partial charge in [0.25, 0.3) is 0 Å². The first-order valence-electron chi connectivity index (χ1n) is 11.1. The number of rotatable bonds is 5. The van der Waals surface area contributed by atoms with Crippen LogP contribution >= 0.6 is 0 Å². The SMILES string of the molecule is Cc1ccc(C)c(-n2cc(CN3CCN(c4ncccn4)CC3)c(-c3ccccc3)n2)c1. The third-order valence-electron chi connectivity index (χ3n) is 6.05. The van der Waals surface area contributed by atoms with Crippen molar-refractivity contribution in [3.63, 3.8) is 0 Å². The molecule has 0 atom stereocenters. The molecule has 0 amide bonds. The van der Waals surface area contributed by atoms with Crippen molar-refractivity contribution in [2.75, 3.05) is 31.1 Å². The third kappa shape index (κ3) is 4.27. The van der Waals surface area contributed by atoms with E-state index in [9.17, 15) is 0 Å². The Morgan fingerprint density at radius 3 is 2.34 bits per heavy atom. The molecule has 162 valence electrons. The number of aryl methyl sites for hydroxylation is 2. The first-order chi connectivity index (χ1) is 15.7. The molecule has 1 saturated heterocycles. The molecule has 2 aromatic carbocycles. The van der Waals surface area contributed by atoms with E-state index in [1.54, 1.807) is 0 Å². The van der Waals surface area contributed by atoms with Crippen molar-refractivity contribution in [1.29, 1.82) is 0 Å². The monoisotopic (exact) mass is 424 g/mol. The zero-order valence-electron chi connectivity index (χ0n) is 18.6. The topological polar surface area (TPSA) is 50.1 Å². The Morgan fingerprint density at radius 1 is 0.844 bits per heavy atom. The first kappa shape index (κ1) is 20.4. The molecule has 0 saturated carbocycles. The molecule has 32 heavy (non-hydrogen) atoms. The molecule has 3 heterocycles.